The van der Waals surface area contributed by atoms with E-state index in [2.05, 4.69) is 4.72 Å². The molecule has 0 fully saturated rings. The average molecular weight is 308 g/mol. The van der Waals surface area contributed by atoms with Crippen molar-refractivity contribution >= 4 is 33.0 Å². The van der Waals surface area contributed by atoms with Gasteiger partial charge < -0.3 is 9.52 Å². The second-order valence-corrected chi connectivity index (χ2v) is 7.15. The molecule has 5 nitrogen and oxygen atoms in total. The van der Waals surface area contributed by atoms with Gasteiger partial charge in [0.05, 0.1) is 10.6 Å². The lowest BCUT2D eigenvalue weighted by molar-refractivity contribution is 0.154. The van der Waals surface area contributed by atoms with Crippen LogP contribution in [0, 0.1) is 0 Å². The molecule has 2 heterocycles. The molecule has 0 aromatic carbocycles. The van der Waals surface area contributed by atoms with Crippen LogP contribution in [0.2, 0.25) is 4.34 Å². The maximum absolute atomic E-state index is 11.8. The van der Waals surface area contributed by atoms with Crippen molar-refractivity contribution < 1.29 is 17.9 Å². The Kier molecular flexibility index (Phi) is 4.08. The molecular weight excluding hydrogens is 298 g/mol. The predicted octanol–water partition coefficient (Wildman–Crippen LogP) is 2.01. The zero-order chi connectivity index (χ0) is 13.2. The molecule has 0 saturated carbocycles. The molecule has 1 atom stereocenters. The molecule has 98 valence electrons. The van der Waals surface area contributed by atoms with Crippen LogP contribution >= 0.6 is 22.9 Å². The first-order valence-corrected chi connectivity index (χ1v) is 7.63. The SMILES string of the molecule is O=S(=O)(NCC(O)c1ccco1)c1ccc(Cl)s1. The van der Waals surface area contributed by atoms with Gasteiger partial charge in [0.1, 0.15) is 16.1 Å². The fourth-order valence-electron chi connectivity index (χ4n) is 1.28. The molecule has 2 aromatic rings. The summed E-state index contributed by atoms with van der Waals surface area (Å²) >= 11 is 6.63. The summed E-state index contributed by atoms with van der Waals surface area (Å²) in [6, 6.07) is 6.10. The molecule has 0 aliphatic heterocycles. The number of hydrogen-bond donors (Lipinski definition) is 2. The van der Waals surface area contributed by atoms with Crippen LogP contribution in [0.25, 0.3) is 0 Å². The normalized spacial score (nSPS) is 13.7. The van der Waals surface area contributed by atoms with Gasteiger partial charge in [-0.1, -0.05) is 11.6 Å². The van der Waals surface area contributed by atoms with Gasteiger partial charge in [0.15, 0.2) is 0 Å². The number of aliphatic hydroxyl groups excluding tert-OH is 1. The smallest absolute Gasteiger partial charge is 0.250 e. The van der Waals surface area contributed by atoms with Crippen LogP contribution in [0.5, 0.6) is 0 Å². The average Bonchev–Trinajstić information content (AvgIpc) is 2.96. The van der Waals surface area contributed by atoms with Gasteiger partial charge in [-0.15, -0.1) is 11.3 Å². The van der Waals surface area contributed by atoms with E-state index in [4.69, 9.17) is 16.0 Å². The molecule has 0 radical (unpaired) electrons. The third kappa shape index (κ3) is 3.12. The fourth-order valence-corrected chi connectivity index (χ4v) is 3.85. The Hall–Kier alpha value is -0.860. The van der Waals surface area contributed by atoms with Crippen LogP contribution in [-0.4, -0.2) is 20.1 Å². The van der Waals surface area contributed by atoms with Crippen LogP contribution in [0.15, 0.2) is 39.2 Å². The van der Waals surface area contributed by atoms with Gasteiger partial charge in [0.2, 0.25) is 10.0 Å². The summed E-state index contributed by atoms with van der Waals surface area (Å²) in [7, 11) is -3.64. The van der Waals surface area contributed by atoms with Gasteiger partial charge >= 0.3 is 0 Å². The first-order valence-electron chi connectivity index (χ1n) is 4.95. The highest BCUT2D eigenvalue weighted by atomic mass is 35.5. The fraction of sp³-hybridized carbons (Fsp3) is 0.200. The summed E-state index contributed by atoms with van der Waals surface area (Å²) in [5.41, 5.74) is 0. The largest absolute Gasteiger partial charge is 0.467 e. The number of hydrogen-bond acceptors (Lipinski definition) is 5. The third-order valence-electron chi connectivity index (χ3n) is 2.15. The molecule has 0 saturated heterocycles. The Morgan fingerprint density at radius 2 is 2.22 bits per heavy atom. The Balaban J connectivity index is 2.02. The van der Waals surface area contributed by atoms with Crippen molar-refractivity contribution in [2.75, 3.05) is 6.54 Å². The maximum Gasteiger partial charge on any atom is 0.250 e. The van der Waals surface area contributed by atoms with Gasteiger partial charge in [0, 0.05) is 6.54 Å². The van der Waals surface area contributed by atoms with Crippen molar-refractivity contribution in [1.82, 2.24) is 4.72 Å². The van der Waals surface area contributed by atoms with E-state index in [1.807, 2.05) is 0 Å². The van der Waals surface area contributed by atoms with Gasteiger partial charge in [-0.25, -0.2) is 13.1 Å². The summed E-state index contributed by atoms with van der Waals surface area (Å²) in [6.07, 6.45) is 0.386. The Morgan fingerprint density at radius 1 is 1.44 bits per heavy atom. The van der Waals surface area contributed by atoms with Crippen molar-refractivity contribution in [1.29, 1.82) is 0 Å². The van der Waals surface area contributed by atoms with Gasteiger partial charge in [-0.05, 0) is 24.3 Å². The van der Waals surface area contributed by atoms with Gasteiger partial charge in [-0.2, -0.15) is 0 Å². The van der Waals surface area contributed by atoms with Crippen molar-refractivity contribution in [2.45, 2.75) is 10.3 Å². The summed E-state index contributed by atoms with van der Waals surface area (Å²) in [5, 5.41) is 9.68. The minimum Gasteiger partial charge on any atom is -0.467 e. The highest BCUT2D eigenvalue weighted by Gasteiger charge is 2.19. The molecular formula is C10H10ClNO4S2. The zero-order valence-corrected chi connectivity index (χ0v) is 11.4. The van der Waals surface area contributed by atoms with E-state index in [-0.39, 0.29) is 10.8 Å². The van der Waals surface area contributed by atoms with Crippen LogP contribution in [0.1, 0.15) is 11.9 Å². The minimum atomic E-state index is -3.64. The van der Waals surface area contributed by atoms with Crippen molar-refractivity contribution in [3.05, 3.63) is 40.6 Å². The maximum atomic E-state index is 11.8. The Morgan fingerprint density at radius 3 is 2.78 bits per heavy atom. The molecule has 2 rings (SSSR count). The summed E-state index contributed by atoms with van der Waals surface area (Å²) in [5.74, 6) is 0.307. The first-order chi connectivity index (χ1) is 8.49. The molecule has 0 amide bonds. The first kappa shape index (κ1) is 13.6. The van der Waals surface area contributed by atoms with Gasteiger partial charge in [0.25, 0.3) is 0 Å². The van der Waals surface area contributed by atoms with E-state index in [0.29, 0.717) is 10.1 Å². The lowest BCUT2D eigenvalue weighted by atomic mass is 10.3. The summed E-state index contributed by atoms with van der Waals surface area (Å²) < 4.78 is 31.4. The number of nitrogens with one attached hydrogen (secondary N) is 1. The van der Waals surface area contributed by atoms with E-state index >= 15 is 0 Å². The molecule has 0 spiro atoms. The summed E-state index contributed by atoms with van der Waals surface area (Å²) in [4.78, 5) is 0. The summed E-state index contributed by atoms with van der Waals surface area (Å²) in [6.45, 7) is -0.161. The van der Waals surface area contributed by atoms with Crippen LogP contribution in [0.4, 0.5) is 0 Å². The van der Waals surface area contributed by atoms with E-state index in [1.165, 1.54) is 18.4 Å². The van der Waals surface area contributed by atoms with Gasteiger partial charge in [-0.3, -0.25) is 0 Å². The van der Waals surface area contributed by atoms with Crippen molar-refractivity contribution in [2.24, 2.45) is 0 Å². The van der Waals surface area contributed by atoms with Crippen molar-refractivity contribution in [3.8, 4) is 0 Å². The number of aliphatic hydroxyl groups is 1. The highest BCUT2D eigenvalue weighted by Crippen LogP contribution is 2.25. The standard InChI is InChI=1S/C10H10ClNO4S2/c11-9-3-4-10(17-9)18(14,15)12-6-7(13)8-2-1-5-16-8/h1-5,7,12-13H,6H2. The topological polar surface area (TPSA) is 79.5 Å². The second kappa shape index (κ2) is 5.41. The number of sulfonamides is 1. The second-order valence-electron chi connectivity index (χ2n) is 3.44. The molecule has 0 aliphatic rings. The molecule has 0 bridgehead atoms. The lowest BCUT2D eigenvalue weighted by Crippen LogP contribution is -2.27. The number of halogens is 1. The predicted molar refractivity (Wildman–Crippen MR) is 68.2 cm³/mol. The van der Waals surface area contributed by atoms with E-state index < -0.39 is 16.1 Å². The quantitative estimate of drug-likeness (QED) is 0.885. The molecule has 2 aromatic heterocycles. The molecule has 1 unspecified atom stereocenters. The Labute approximate surface area is 113 Å². The number of furan rings is 1. The molecule has 0 aliphatic carbocycles. The lowest BCUT2D eigenvalue weighted by Gasteiger charge is -2.08. The third-order valence-corrected chi connectivity index (χ3v) is 5.30. The van der Waals surface area contributed by atoms with Crippen molar-refractivity contribution in [3.63, 3.8) is 0 Å². The molecule has 8 heteroatoms. The van der Waals surface area contributed by atoms with Crippen LogP contribution in [-0.2, 0) is 10.0 Å². The van der Waals surface area contributed by atoms with E-state index in [0.717, 1.165) is 11.3 Å². The number of rotatable bonds is 5. The van der Waals surface area contributed by atoms with Crippen LogP contribution < -0.4 is 4.72 Å². The van der Waals surface area contributed by atoms with Crippen LogP contribution in [0.3, 0.4) is 0 Å². The zero-order valence-electron chi connectivity index (χ0n) is 9.04. The Bertz CT molecular complexity index is 606. The monoisotopic (exact) mass is 307 g/mol. The van der Waals surface area contributed by atoms with E-state index in [1.54, 1.807) is 12.1 Å². The minimum absolute atomic E-state index is 0.110. The van der Waals surface area contributed by atoms with E-state index in [9.17, 15) is 13.5 Å². The highest BCUT2D eigenvalue weighted by molar-refractivity contribution is 7.91. The number of thiophene rings is 1. The molecule has 18 heavy (non-hydrogen) atoms. The molecule has 2 N–H and O–H groups in total.